The van der Waals surface area contributed by atoms with E-state index in [1.54, 1.807) is 14.0 Å². The van der Waals surface area contributed by atoms with Crippen LogP contribution in [0.5, 0.6) is 5.75 Å². The monoisotopic (exact) mass is 279 g/mol. The third kappa shape index (κ3) is 4.85. The number of nitrogens with one attached hydrogen (secondary N) is 1. The molecule has 4 heteroatoms. The van der Waals surface area contributed by atoms with Crippen molar-refractivity contribution in [2.24, 2.45) is 0 Å². The maximum atomic E-state index is 11.9. The lowest BCUT2D eigenvalue weighted by Crippen LogP contribution is -2.37. The summed E-state index contributed by atoms with van der Waals surface area (Å²) < 4.78 is 10.7. The molecule has 0 bridgehead atoms. The summed E-state index contributed by atoms with van der Waals surface area (Å²) in [5, 5.41) is 2.84. The molecule has 0 aliphatic heterocycles. The van der Waals surface area contributed by atoms with Gasteiger partial charge in [-0.15, -0.1) is 0 Å². The molecule has 1 rings (SSSR count). The first-order chi connectivity index (χ1) is 9.45. The summed E-state index contributed by atoms with van der Waals surface area (Å²) in [7, 11) is 1.65. The first-order valence-corrected chi connectivity index (χ1v) is 6.97. The minimum Gasteiger partial charge on any atom is -0.481 e. The molecule has 1 aromatic carbocycles. The fourth-order valence-electron chi connectivity index (χ4n) is 1.94. The van der Waals surface area contributed by atoms with Crippen LogP contribution in [0, 0.1) is 20.8 Å². The normalized spacial score (nSPS) is 12.1. The predicted octanol–water partition coefficient (Wildman–Crippen LogP) is 2.53. The molecular formula is C16H25NO3. The van der Waals surface area contributed by atoms with E-state index < -0.39 is 6.10 Å². The Balaban J connectivity index is 2.57. The van der Waals surface area contributed by atoms with E-state index in [-0.39, 0.29) is 5.91 Å². The number of benzene rings is 1. The second-order valence-electron chi connectivity index (χ2n) is 5.10. The van der Waals surface area contributed by atoms with Crippen molar-refractivity contribution in [3.63, 3.8) is 0 Å². The number of carbonyl (C=O) groups is 1. The molecule has 0 fully saturated rings. The zero-order valence-corrected chi connectivity index (χ0v) is 13.1. The Hall–Kier alpha value is -1.55. The molecule has 1 amide bonds. The number of rotatable bonds is 7. The third-order valence-electron chi connectivity index (χ3n) is 3.26. The van der Waals surface area contributed by atoms with Crippen molar-refractivity contribution in [2.75, 3.05) is 20.3 Å². The molecule has 1 atom stereocenters. The highest BCUT2D eigenvalue weighted by Gasteiger charge is 2.15. The van der Waals surface area contributed by atoms with E-state index in [2.05, 4.69) is 11.4 Å². The Bertz CT molecular complexity index is 457. The van der Waals surface area contributed by atoms with Gasteiger partial charge in [0.1, 0.15) is 5.75 Å². The van der Waals surface area contributed by atoms with Gasteiger partial charge in [-0.2, -0.15) is 0 Å². The fraction of sp³-hybridized carbons (Fsp3) is 0.562. The first kappa shape index (κ1) is 16.5. The highest BCUT2D eigenvalue weighted by Crippen LogP contribution is 2.24. The van der Waals surface area contributed by atoms with Crippen LogP contribution in [0.15, 0.2) is 12.1 Å². The Kier molecular flexibility index (Phi) is 6.52. The standard InChI is InChI=1S/C16H25NO3/c1-11-9-12(2)13(3)15(10-11)20-14(4)16(18)17-7-6-8-19-5/h9-10,14H,6-8H2,1-5H3,(H,17,18)/t14-/m0/s1. The highest BCUT2D eigenvalue weighted by atomic mass is 16.5. The van der Waals surface area contributed by atoms with Crippen molar-refractivity contribution in [3.05, 3.63) is 28.8 Å². The highest BCUT2D eigenvalue weighted by molar-refractivity contribution is 5.80. The lowest BCUT2D eigenvalue weighted by molar-refractivity contribution is -0.127. The summed E-state index contributed by atoms with van der Waals surface area (Å²) in [5.74, 6) is 0.682. The van der Waals surface area contributed by atoms with Crippen LogP contribution >= 0.6 is 0 Å². The van der Waals surface area contributed by atoms with Crippen LogP contribution < -0.4 is 10.1 Å². The summed E-state index contributed by atoms with van der Waals surface area (Å²) in [6.45, 7) is 9.09. The van der Waals surface area contributed by atoms with Crippen LogP contribution in [0.3, 0.4) is 0 Å². The van der Waals surface area contributed by atoms with Crippen molar-refractivity contribution in [3.8, 4) is 5.75 Å². The molecule has 4 nitrogen and oxygen atoms in total. The van der Waals surface area contributed by atoms with Crippen molar-refractivity contribution >= 4 is 5.91 Å². The Morgan fingerprint density at radius 3 is 2.65 bits per heavy atom. The first-order valence-electron chi connectivity index (χ1n) is 6.97. The molecule has 0 saturated heterocycles. The van der Waals surface area contributed by atoms with Gasteiger partial charge in [-0.25, -0.2) is 0 Å². The van der Waals surface area contributed by atoms with Gasteiger partial charge in [0, 0.05) is 20.3 Å². The largest absolute Gasteiger partial charge is 0.481 e. The maximum absolute atomic E-state index is 11.9. The lowest BCUT2D eigenvalue weighted by atomic mass is 10.1. The lowest BCUT2D eigenvalue weighted by Gasteiger charge is -2.18. The van der Waals surface area contributed by atoms with Gasteiger partial charge in [-0.1, -0.05) is 6.07 Å². The average molecular weight is 279 g/mol. The summed E-state index contributed by atoms with van der Waals surface area (Å²) >= 11 is 0. The van der Waals surface area contributed by atoms with Gasteiger partial charge in [0.05, 0.1) is 0 Å². The van der Waals surface area contributed by atoms with E-state index in [0.29, 0.717) is 13.2 Å². The molecule has 0 aromatic heterocycles. The molecule has 1 N–H and O–H groups in total. The molecule has 0 unspecified atom stereocenters. The number of hydrogen-bond donors (Lipinski definition) is 1. The molecule has 0 radical (unpaired) electrons. The van der Waals surface area contributed by atoms with Crippen molar-refractivity contribution < 1.29 is 14.3 Å². The quantitative estimate of drug-likeness (QED) is 0.780. The summed E-state index contributed by atoms with van der Waals surface area (Å²) in [6, 6.07) is 4.08. The topological polar surface area (TPSA) is 47.6 Å². The van der Waals surface area contributed by atoms with Gasteiger partial charge >= 0.3 is 0 Å². The zero-order valence-electron chi connectivity index (χ0n) is 13.1. The molecule has 1 aromatic rings. The SMILES string of the molecule is COCCCNC(=O)[C@H](C)Oc1cc(C)cc(C)c1C. The van der Waals surface area contributed by atoms with E-state index in [0.717, 1.165) is 23.3 Å². The van der Waals surface area contributed by atoms with Gasteiger partial charge in [0.2, 0.25) is 0 Å². The summed E-state index contributed by atoms with van der Waals surface area (Å²) in [5.41, 5.74) is 3.39. The van der Waals surface area contributed by atoms with Crippen molar-refractivity contribution in [1.82, 2.24) is 5.32 Å². The average Bonchev–Trinajstić information content (AvgIpc) is 2.40. The second-order valence-corrected chi connectivity index (χ2v) is 5.10. The Labute approximate surface area is 121 Å². The minimum atomic E-state index is -0.502. The molecule has 112 valence electrons. The second kappa shape index (κ2) is 7.90. The van der Waals surface area contributed by atoms with Gasteiger partial charge < -0.3 is 14.8 Å². The minimum absolute atomic E-state index is 0.0975. The van der Waals surface area contributed by atoms with Crippen LogP contribution in [0.4, 0.5) is 0 Å². The van der Waals surface area contributed by atoms with Crippen molar-refractivity contribution in [2.45, 2.75) is 40.2 Å². The number of hydrogen-bond acceptors (Lipinski definition) is 3. The molecule has 0 aliphatic rings. The van der Waals surface area contributed by atoms with Crippen LogP contribution in [-0.4, -0.2) is 32.3 Å². The fourth-order valence-corrected chi connectivity index (χ4v) is 1.94. The van der Waals surface area contributed by atoms with E-state index in [9.17, 15) is 4.79 Å². The van der Waals surface area contributed by atoms with Gasteiger partial charge in [0.25, 0.3) is 5.91 Å². The van der Waals surface area contributed by atoms with Crippen LogP contribution in [0.2, 0.25) is 0 Å². The number of aryl methyl sites for hydroxylation is 2. The van der Waals surface area contributed by atoms with Gasteiger partial charge in [0.15, 0.2) is 6.10 Å². The van der Waals surface area contributed by atoms with Crippen molar-refractivity contribution in [1.29, 1.82) is 0 Å². The molecule has 0 saturated carbocycles. The molecule has 0 aliphatic carbocycles. The summed E-state index contributed by atoms with van der Waals surface area (Å²) in [6.07, 6.45) is 0.301. The summed E-state index contributed by atoms with van der Waals surface area (Å²) in [4.78, 5) is 11.9. The van der Waals surface area contributed by atoms with Crippen LogP contribution in [0.25, 0.3) is 0 Å². The molecule has 20 heavy (non-hydrogen) atoms. The third-order valence-corrected chi connectivity index (χ3v) is 3.26. The Morgan fingerprint density at radius 2 is 2.00 bits per heavy atom. The smallest absolute Gasteiger partial charge is 0.260 e. The maximum Gasteiger partial charge on any atom is 0.260 e. The number of amides is 1. The van der Waals surface area contributed by atoms with Crippen LogP contribution in [0.1, 0.15) is 30.0 Å². The molecular weight excluding hydrogens is 254 g/mol. The van der Waals surface area contributed by atoms with E-state index >= 15 is 0 Å². The van der Waals surface area contributed by atoms with E-state index in [1.165, 1.54) is 5.56 Å². The number of carbonyl (C=O) groups excluding carboxylic acids is 1. The van der Waals surface area contributed by atoms with Gasteiger partial charge in [-0.3, -0.25) is 4.79 Å². The molecule has 0 heterocycles. The molecule has 0 spiro atoms. The number of ether oxygens (including phenoxy) is 2. The number of methoxy groups -OCH3 is 1. The van der Waals surface area contributed by atoms with Gasteiger partial charge in [-0.05, 0) is 56.9 Å². The Morgan fingerprint density at radius 1 is 1.30 bits per heavy atom. The van der Waals surface area contributed by atoms with E-state index in [4.69, 9.17) is 9.47 Å². The van der Waals surface area contributed by atoms with Crippen LogP contribution in [-0.2, 0) is 9.53 Å². The zero-order chi connectivity index (χ0) is 15.1. The van der Waals surface area contributed by atoms with E-state index in [1.807, 2.05) is 26.8 Å². The predicted molar refractivity (Wildman–Crippen MR) is 80.2 cm³/mol.